The molecule has 110 valence electrons. The third kappa shape index (κ3) is 2.14. The Morgan fingerprint density at radius 1 is 1.14 bits per heavy atom. The molecule has 5 heteroatoms. The van der Waals surface area contributed by atoms with Crippen LogP contribution in [0.25, 0.3) is 0 Å². The molecule has 0 spiro atoms. The first-order valence-corrected chi connectivity index (χ1v) is 6.83. The topological polar surface area (TPSA) is 83.8 Å². The first-order valence-electron chi connectivity index (χ1n) is 6.83. The van der Waals surface area contributed by atoms with E-state index >= 15 is 0 Å². The average Bonchev–Trinajstić information content (AvgIpc) is 2.76. The number of carbonyl (C=O) groups excluding carboxylic acids is 2. The second-order valence-electron chi connectivity index (χ2n) is 6.05. The SMILES string of the molecule is CC1(C)CCC(c2cc(O)c3c(c2O)C(=O)C=CC3=O)O1. The zero-order chi connectivity index (χ0) is 15.4. The molecule has 0 aromatic heterocycles. The van der Waals surface area contributed by atoms with E-state index in [0.29, 0.717) is 12.0 Å². The highest BCUT2D eigenvalue weighted by molar-refractivity contribution is 6.24. The second-order valence-corrected chi connectivity index (χ2v) is 6.05. The Hall–Kier alpha value is -2.14. The number of fused-ring (bicyclic) bond motifs is 1. The molecule has 1 aliphatic carbocycles. The smallest absolute Gasteiger partial charge is 0.190 e. The van der Waals surface area contributed by atoms with Crippen molar-refractivity contribution in [3.05, 3.63) is 34.9 Å². The van der Waals surface area contributed by atoms with Crippen molar-refractivity contribution in [3.63, 3.8) is 0 Å². The molecule has 1 aromatic carbocycles. The molecular formula is C16H16O5. The zero-order valence-electron chi connectivity index (χ0n) is 11.8. The Kier molecular flexibility index (Phi) is 2.92. The molecule has 1 aromatic rings. The summed E-state index contributed by atoms with van der Waals surface area (Å²) in [5.41, 5.74) is -0.234. The van der Waals surface area contributed by atoms with E-state index in [4.69, 9.17) is 4.74 Å². The standard InChI is InChI=1S/C16H16O5/c1-16(2)6-5-12(21-16)8-7-11(19)13-9(17)3-4-10(18)14(13)15(8)20/h3-4,7,12,19-20H,5-6H2,1-2H3. The monoisotopic (exact) mass is 288 g/mol. The van der Waals surface area contributed by atoms with E-state index in [1.807, 2.05) is 13.8 Å². The summed E-state index contributed by atoms with van der Waals surface area (Å²) >= 11 is 0. The molecule has 3 rings (SSSR count). The number of ketones is 2. The minimum absolute atomic E-state index is 0.134. The number of rotatable bonds is 1. The minimum atomic E-state index is -0.489. The number of phenols is 2. The Labute approximate surface area is 121 Å². The van der Waals surface area contributed by atoms with E-state index in [9.17, 15) is 19.8 Å². The van der Waals surface area contributed by atoms with E-state index in [-0.39, 0.29) is 28.2 Å². The third-order valence-corrected chi connectivity index (χ3v) is 4.00. The lowest BCUT2D eigenvalue weighted by atomic mass is 9.89. The van der Waals surface area contributed by atoms with Crippen LogP contribution in [0.3, 0.4) is 0 Å². The predicted octanol–water partition coefficient (Wildman–Crippen LogP) is 2.66. The number of phenolic OH excluding ortho intramolecular Hbond substituents is 2. The highest BCUT2D eigenvalue weighted by Crippen LogP contribution is 2.46. The van der Waals surface area contributed by atoms with Crippen LogP contribution in [0.4, 0.5) is 0 Å². The normalized spacial score (nSPS) is 23.4. The molecule has 2 aliphatic rings. The summed E-state index contributed by atoms with van der Waals surface area (Å²) in [5.74, 6) is -1.55. The van der Waals surface area contributed by atoms with Gasteiger partial charge in [-0.3, -0.25) is 9.59 Å². The van der Waals surface area contributed by atoms with Gasteiger partial charge in [0.2, 0.25) is 0 Å². The number of hydrogen-bond acceptors (Lipinski definition) is 5. The Bertz CT molecular complexity index is 684. The highest BCUT2D eigenvalue weighted by atomic mass is 16.5. The minimum Gasteiger partial charge on any atom is -0.507 e. The van der Waals surface area contributed by atoms with Crippen LogP contribution in [-0.2, 0) is 4.74 Å². The van der Waals surface area contributed by atoms with Crippen molar-refractivity contribution in [1.82, 2.24) is 0 Å². The molecular weight excluding hydrogens is 272 g/mol. The first kappa shape index (κ1) is 13.8. The number of allylic oxidation sites excluding steroid dienone is 2. The van der Waals surface area contributed by atoms with Crippen LogP contribution in [0, 0.1) is 0 Å². The number of carbonyl (C=O) groups is 2. The van der Waals surface area contributed by atoms with Crippen molar-refractivity contribution < 1.29 is 24.5 Å². The van der Waals surface area contributed by atoms with Gasteiger partial charge in [0, 0.05) is 5.56 Å². The maximum absolute atomic E-state index is 11.9. The number of aromatic hydroxyl groups is 2. The van der Waals surface area contributed by atoms with E-state index in [0.717, 1.165) is 18.6 Å². The Morgan fingerprint density at radius 2 is 1.76 bits per heavy atom. The molecule has 1 atom stereocenters. The summed E-state index contributed by atoms with van der Waals surface area (Å²) in [6.45, 7) is 3.89. The van der Waals surface area contributed by atoms with Gasteiger partial charge < -0.3 is 14.9 Å². The van der Waals surface area contributed by atoms with E-state index in [1.54, 1.807) is 0 Å². The fourth-order valence-corrected chi connectivity index (χ4v) is 2.93. The molecule has 1 aliphatic heterocycles. The van der Waals surface area contributed by atoms with Crippen LogP contribution in [0.2, 0.25) is 0 Å². The molecule has 21 heavy (non-hydrogen) atoms. The lowest BCUT2D eigenvalue weighted by molar-refractivity contribution is -0.0172. The maximum Gasteiger partial charge on any atom is 0.190 e. The molecule has 5 nitrogen and oxygen atoms in total. The van der Waals surface area contributed by atoms with Crippen LogP contribution in [0.5, 0.6) is 11.5 Å². The summed E-state index contributed by atoms with van der Waals surface area (Å²) in [6, 6.07) is 1.32. The van der Waals surface area contributed by atoms with Crippen molar-refractivity contribution >= 4 is 11.6 Å². The van der Waals surface area contributed by atoms with Gasteiger partial charge in [-0.2, -0.15) is 0 Å². The molecule has 1 unspecified atom stereocenters. The van der Waals surface area contributed by atoms with E-state index in [2.05, 4.69) is 0 Å². The second kappa shape index (κ2) is 4.43. The lowest BCUT2D eigenvalue weighted by Crippen LogP contribution is -2.18. The fourth-order valence-electron chi connectivity index (χ4n) is 2.93. The van der Waals surface area contributed by atoms with Gasteiger partial charge in [-0.15, -0.1) is 0 Å². The molecule has 2 N–H and O–H groups in total. The van der Waals surface area contributed by atoms with E-state index < -0.39 is 17.7 Å². The van der Waals surface area contributed by atoms with Gasteiger partial charge >= 0.3 is 0 Å². The quantitative estimate of drug-likeness (QED) is 0.776. The largest absolute Gasteiger partial charge is 0.507 e. The summed E-state index contributed by atoms with van der Waals surface area (Å²) in [6.07, 6.45) is 3.29. The fraction of sp³-hybridized carbons (Fsp3) is 0.375. The zero-order valence-corrected chi connectivity index (χ0v) is 11.8. The third-order valence-electron chi connectivity index (χ3n) is 4.00. The van der Waals surface area contributed by atoms with E-state index in [1.165, 1.54) is 6.07 Å². The van der Waals surface area contributed by atoms with Crippen molar-refractivity contribution in [2.24, 2.45) is 0 Å². The van der Waals surface area contributed by atoms with Gasteiger partial charge in [0.1, 0.15) is 11.5 Å². The first-order chi connectivity index (χ1) is 9.80. The van der Waals surface area contributed by atoms with Gasteiger partial charge in [0.15, 0.2) is 11.6 Å². The summed E-state index contributed by atoms with van der Waals surface area (Å²) in [5, 5.41) is 20.4. The van der Waals surface area contributed by atoms with Crippen molar-refractivity contribution in [2.45, 2.75) is 38.4 Å². The van der Waals surface area contributed by atoms with Crippen LogP contribution in [0.1, 0.15) is 59.1 Å². The average molecular weight is 288 g/mol. The van der Waals surface area contributed by atoms with Crippen LogP contribution >= 0.6 is 0 Å². The van der Waals surface area contributed by atoms with Gasteiger partial charge in [0.25, 0.3) is 0 Å². The molecule has 1 saturated heterocycles. The molecule has 0 amide bonds. The van der Waals surface area contributed by atoms with Crippen LogP contribution < -0.4 is 0 Å². The highest BCUT2D eigenvalue weighted by Gasteiger charge is 2.37. The summed E-state index contributed by atoms with van der Waals surface area (Å²) < 4.78 is 5.84. The van der Waals surface area contributed by atoms with Crippen molar-refractivity contribution in [3.8, 4) is 11.5 Å². The molecule has 1 heterocycles. The van der Waals surface area contributed by atoms with Gasteiger partial charge in [-0.05, 0) is 44.9 Å². The van der Waals surface area contributed by atoms with Crippen LogP contribution in [0.15, 0.2) is 18.2 Å². The molecule has 0 bridgehead atoms. The lowest BCUT2D eigenvalue weighted by Gasteiger charge is -2.22. The van der Waals surface area contributed by atoms with Crippen molar-refractivity contribution in [2.75, 3.05) is 0 Å². The van der Waals surface area contributed by atoms with Crippen LogP contribution in [-0.4, -0.2) is 27.4 Å². The van der Waals surface area contributed by atoms with Gasteiger partial charge in [-0.25, -0.2) is 0 Å². The number of hydrogen-bond donors (Lipinski definition) is 2. The molecule has 1 fully saturated rings. The van der Waals surface area contributed by atoms with Gasteiger partial charge in [0.05, 0.1) is 22.8 Å². The Morgan fingerprint density at radius 3 is 2.33 bits per heavy atom. The number of ether oxygens (including phenoxy) is 1. The number of benzene rings is 1. The predicted molar refractivity (Wildman–Crippen MR) is 74.7 cm³/mol. The summed E-state index contributed by atoms with van der Waals surface area (Å²) in [4.78, 5) is 23.7. The molecule has 0 saturated carbocycles. The van der Waals surface area contributed by atoms with Crippen molar-refractivity contribution in [1.29, 1.82) is 0 Å². The maximum atomic E-state index is 11.9. The van der Waals surface area contributed by atoms with Gasteiger partial charge in [-0.1, -0.05) is 0 Å². The molecule has 0 radical (unpaired) electrons. The summed E-state index contributed by atoms with van der Waals surface area (Å²) in [7, 11) is 0. The Balaban J connectivity index is 2.14.